The molecule has 0 amide bonds. The number of nitrogens with one attached hydrogen (secondary N) is 1. The van der Waals surface area contributed by atoms with Crippen molar-refractivity contribution in [1.82, 2.24) is 5.32 Å². The van der Waals surface area contributed by atoms with Crippen LogP contribution < -0.4 is 5.32 Å². The quantitative estimate of drug-likeness (QED) is 0.649. The van der Waals surface area contributed by atoms with Gasteiger partial charge in [0.2, 0.25) is 0 Å². The van der Waals surface area contributed by atoms with Gasteiger partial charge in [-0.25, -0.2) is 0 Å². The van der Waals surface area contributed by atoms with E-state index < -0.39 is 0 Å². The first-order valence-electron chi connectivity index (χ1n) is 7.90. The number of ether oxygens (including phenoxy) is 1. The molecule has 2 nitrogen and oxygen atoms in total. The van der Waals surface area contributed by atoms with Crippen LogP contribution in [0.3, 0.4) is 0 Å². The molecule has 20 heavy (non-hydrogen) atoms. The van der Waals surface area contributed by atoms with Crippen molar-refractivity contribution in [2.24, 2.45) is 5.92 Å². The largest absolute Gasteiger partial charge is 0.385 e. The molecule has 114 valence electrons. The lowest BCUT2D eigenvalue weighted by atomic mass is 9.90. The van der Waals surface area contributed by atoms with Crippen LogP contribution in [-0.2, 0) is 4.74 Å². The molecule has 0 spiro atoms. The fourth-order valence-electron chi connectivity index (χ4n) is 2.60. The van der Waals surface area contributed by atoms with Gasteiger partial charge in [0.1, 0.15) is 0 Å². The predicted octanol–water partition coefficient (Wildman–Crippen LogP) is 4.14. The highest BCUT2D eigenvalue weighted by atomic mass is 16.5. The first-order chi connectivity index (χ1) is 9.65. The van der Waals surface area contributed by atoms with Gasteiger partial charge in [0.25, 0.3) is 0 Å². The monoisotopic (exact) mass is 277 g/mol. The molecule has 0 aliphatic rings. The van der Waals surface area contributed by atoms with Crippen molar-refractivity contribution in [3.63, 3.8) is 0 Å². The lowest BCUT2D eigenvalue weighted by Crippen LogP contribution is -2.26. The van der Waals surface area contributed by atoms with Gasteiger partial charge >= 0.3 is 0 Å². The Morgan fingerprint density at radius 3 is 2.50 bits per heavy atom. The summed E-state index contributed by atoms with van der Waals surface area (Å²) in [5, 5.41) is 3.62. The third-order valence-electron chi connectivity index (χ3n) is 3.72. The third-order valence-corrected chi connectivity index (χ3v) is 3.72. The van der Waals surface area contributed by atoms with E-state index in [2.05, 4.69) is 50.4 Å². The molecule has 0 saturated carbocycles. The molecule has 1 atom stereocenters. The summed E-state index contributed by atoms with van der Waals surface area (Å²) < 4.78 is 5.15. The molecule has 0 radical (unpaired) electrons. The molecule has 0 aliphatic carbocycles. The SMILES string of the molecule is COCCCCC(CNCC(C)C)c1ccccc1C. The average molecular weight is 277 g/mol. The maximum Gasteiger partial charge on any atom is 0.0462 e. The Kier molecular flexibility index (Phi) is 8.56. The number of unbranched alkanes of at least 4 members (excludes halogenated alkanes) is 1. The van der Waals surface area contributed by atoms with Crippen molar-refractivity contribution in [3.05, 3.63) is 35.4 Å². The number of methoxy groups -OCH3 is 1. The zero-order valence-corrected chi connectivity index (χ0v) is 13.6. The Balaban J connectivity index is 2.56. The third kappa shape index (κ3) is 6.53. The number of hydrogen-bond acceptors (Lipinski definition) is 2. The van der Waals surface area contributed by atoms with E-state index >= 15 is 0 Å². The average Bonchev–Trinajstić information content (AvgIpc) is 2.42. The first-order valence-corrected chi connectivity index (χ1v) is 7.90. The molecule has 1 aromatic rings. The van der Waals surface area contributed by atoms with E-state index in [1.54, 1.807) is 7.11 Å². The summed E-state index contributed by atoms with van der Waals surface area (Å²) in [5.74, 6) is 1.33. The maximum absolute atomic E-state index is 5.15. The maximum atomic E-state index is 5.15. The Morgan fingerprint density at radius 2 is 1.85 bits per heavy atom. The zero-order valence-electron chi connectivity index (χ0n) is 13.6. The fourth-order valence-corrected chi connectivity index (χ4v) is 2.60. The molecular weight excluding hydrogens is 246 g/mol. The van der Waals surface area contributed by atoms with Gasteiger partial charge in [0, 0.05) is 20.3 Å². The van der Waals surface area contributed by atoms with Crippen molar-refractivity contribution < 1.29 is 4.74 Å². The highest BCUT2D eigenvalue weighted by Gasteiger charge is 2.13. The standard InChI is InChI=1S/C18H31NO/c1-15(2)13-19-14-17(10-7-8-12-20-4)18-11-6-5-9-16(18)3/h5-6,9,11,15,17,19H,7-8,10,12-14H2,1-4H3. The van der Waals surface area contributed by atoms with Gasteiger partial charge in [0.15, 0.2) is 0 Å². The molecule has 0 aromatic heterocycles. The summed E-state index contributed by atoms with van der Waals surface area (Å²) in [6.07, 6.45) is 3.62. The molecule has 1 aromatic carbocycles. The van der Waals surface area contributed by atoms with Gasteiger partial charge in [0.05, 0.1) is 0 Å². The number of rotatable bonds is 10. The van der Waals surface area contributed by atoms with E-state index in [-0.39, 0.29) is 0 Å². The van der Waals surface area contributed by atoms with Gasteiger partial charge in [-0.1, -0.05) is 44.5 Å². The molecular formula is C18H31NO. The van der Waals surface area contributed by atoms with Gasteiger partial charge in [-0.3, -0.25) is 0 Å². The summed E-state index contributed by atoms with van der Waals surface area (Å²) in [5.41, 5.74) is 2.91. The smallest absolute Gasteiger partial charge is 0.0462 e. The number of benzene rings is 1. The normalized spacial score (nSPS) is 12.8. The molecule has 1 unspecified atom stereocenters. The lowest BCUT2D eigenvalue weighted by molar-refractivity contribution is 0.191. The van der Waals surface area contributed by atoms with Gasteiger partial charge < -0.3 is 10.1 Å². The summed E-state index contributed by atoms with van der Waals surface area (Å²) in [6, 6.07) is 8.79. The molecule has 0 bridgehead atoms. The Labute approximate surface area is 124 Å². The van der Waals surface area contributed by atoms with Crippen LogP contribution in [-0.4, -0.2) is 26.8 Å². The summed E-state index contributed by atoms with van der Waals surface area (Å²) in [7, 11) is 1.78. The van der Waals surface area contributed by atoms with Gasteiger partial charge in [-0.05, 0) is 49.3 Å². The van der Waals surface area contributed by atoms with Crippen molar-refractivity contribution >= 4 is 0 Å². The van der Waals surface area contributed by atoms with E-state index in [4.69, 9.17) is 4.74 Å². The molecule has 2 heteroatoms. The minimum absolute atomic E-state index is 0.617. The predicted molar refractivity (Wildman–Crippen MR) is 87.4 cm³/mol. The van der Waals surface area contributed by atoms with E-state index in [9.17, 15) is 0 Å². The summed E-state index contributed by atoms with van der Waals surface area (Å²) >= 11 is 0. The van der Waals surface area contributed by atoms with E-state index in [1.807, 2.05) is 0 Å². The van der Waals surface area contributed by atoms with Gasteiger partial charge in [-0.2, -0.15) is 0 Å². The van der Waals surface area contributed by atoms with E-state index in [0.29, 0.717) is 11.8 Å². The molecule has 0 saturated heterocycles. The highest BCUT2D eigenvalue weighted by molar-refractivity contribution is 5.29. The Morgan fingerprint density at radius 1 is 1.10 bits per heavy atom. The Bertz CT molecular complexity index is 362. The Hall–Kier alpha value is -0.860. The zero-order chi connectivity index (χ0) is 14.8. The second-order valence-corrected chi connectivity index (χ2v) is 6.09. The highest BCUT2D eigenvalue weighted by Crippen LogP contribution is 2.24. The van der Waals surface area contributed by atoms with Crippen molar-refractivity contribution in [2.45, 2.75) is 46.0 Å². The van der Waals surface area contributed by atoms with Crippen LogP contribution in [0.4, 0.5) is 0 Å². The fraction of sp³-hybridized carbons (Fsp3) is 0.667. The van der Waals surface area contributed by atoms with Crippen LogP contribution >= 0.6 is 0 Å². The molecule has 0 heterocycles. The lowest BCUT2D eigenvalue weighted by Gasteiger charge is -2.21. The van der Waals surface area contributed by atoms with E-state index in [0.717, 1.165) is 26.1 Å². The first kappa shape index (κ1) is 17.2. The second-order valence-electron chi connectivity index (χ2n) is 6.09. The molecule has 0 fully saturated rings. The van der Waals surface area contributed by atoms with E-state index in [1.165, 1.54) is 24.0 Å². The van der Waals surface area contributed by atoms with Crippen LogP contribution in [0.15, 0.2) is 24.3 Å². The second kappa shape index (κ2) is 9.95. The van der Waals surface area contributed by atoms with Crippen LogP contribution in [0, 0.1) is 12.8 Å². The minimum atomic E-state index is 0.617. The van der Waals surface area contributed by atoms with Crippen molar-refractivity contribution in [2.75, 3.05) is 26.8 Å². The molecule has 0 aliphatic heterocycles. The molecule has 1 rings (SSSR count). The topological polar surface area (TPSA) is 21.3 Å². The van der Waals surface area contributed by atoms with Crippen LogP contribution in [0.25, 0.3) is 0 Å². The van der Waals surface area contributed by atoms with Crippen molar-refractivity contribution in [3.8, 4) is 0 Å². The number of hydrogen-bond donors (Lipinski definition) is 1. The molecule has 1 N–H and O–H groups in total. The minimum Gasteiger partial charge on any atom is -0.385 e. The van der Waals surface area contributed by atoms with Crippen LogP contribution in [0.2, 0.25) is 0 Å². The summed E-state index contributed by atoms with van der Waals surface area (Å²) in [4.78, 5) is 0. The number of aryl methyl sites for hydroxylation is 1. The van der Waals surface area contributed by atoms with Crippen LogP contribution in [0.5, 0.6) is 0 Å². The van der Waals surface area contributed by atoms with Crippen LogP contribution in [0.1, 0.15) is 50.2 Å². The van der Waals surface area contributed by atoms with Gasteiger partial charge in [-0.15, -0.1) is 0 Å². The van der Waals surface area contributed by atoms with Crippen molar-refractivity contribution in [1.29, 1.82) is 0 Å². The summed E-state index contributed by atoms with van der Waals surface area (Å²) in [6.45, 7) is 9.79.